The molecule has 0 atom stereocenters. The zero-order chi connectivity index (χ0) is 12.3. The summed E-state index contributed by atoms with van der Waals surface area (Å²) in [5.41, 5.74) is 0. The molecule has 3 nitrogen and oxygen atoms in total. The smallest absolute Gasteiger partial charge is 0.220 e. The van der Waals surface area contributed by atoms with Gasteiger partial charge < -0.3 is 5.32 Å². The molecule has 17 heavy (non-hydrogen) atoms. The molecule has 0 saturated heterocycles. The van der Waals surface area contributed by atoms with Gasteiger partial charge in [-0.3, -0.25) is 4.79 Å². The largest absolute Gasteiger partial charge is 0.355 e. The molecule has 0 aliphatic heterocycles. The maximum atomic E-state index is 11.3. The van der Waals surface area contributed by atoms with E-state index in [0.29, 0.717) is 6.42 Å². The third kappa shape index (κ3) is 7.28. The van der Waals surface area contributed by atoms with Gasteiger partial charge in [0.15, 0.2) is 0 Å². The van der Waals surface area contributed by atoms with E-state index in [2.05, 4.69) is 17.2 Å². The molecule has 0 aliphatic carbocycles. The summed E-state index contributed by atoms with van der Waals surface area (Å²) in [5.74, 6) is 1.06. The number of hydrogen-bond acceptors (Lipinski definition) is 4. The molecule has 1 rings (SSSR count). The van der Waals surface area contributed by atoms with Crippen LogP contribution in [0.15, 0.2) is 29.4 Å². The highest BCUT2D eigenvalue weighted by Crippen LogP contribution is 2.28. The average Bonchev–Trinajstić information content (AvgIpc) is 2.37. The summed E-state index contributed by atoms with van der Waals surface area (Å²) in [5, 5.41) is 3.92. The molecule has 0 bridgehead atoms. The summed E-state index contributed by atoms with van der Waals surface area (Å²) in [6.45, 7) is 2.82. The quantitative estimate of drug-likeness (QED) is 0.582. The first-order valence-electron chi connectivity index (χ1n) is 5.80. The van der Waals surface area contributed by atoms with Gasteiger partial charge in [-0.25, -0.2) is 4.98 Å². The van der Waals surface area contributed by atoms with Crippen LogP contribution in [0.1, 0.15) is 26.2 Å². The zero-order valence-corrected chi connectivity index (χ0v) is 11.6. The van der Waals surface area contributed by atoms with E-state index in [0.717, 1.165) is 30.2 Å². The fourth-order valence-corrected chi connectivity index (χ4v) is 2.94. The van der Waals surface area contributed by atoms with Gasteiger partial charge in [0.25, 0.3) is 0 Å². The fraction of sp³-hybridized carbons (Fsp3) is 0.500. The molecule has 1 aromatic rings. The molecule has 1 heterocycles. The highest BCUT2D eigenvalue weighted by molar-refractivity contribution is 8.76. The van der Waals surface area contributed by atoms with Crippen LogP contribution in [0.25, 0.3) is 0 Å². The SMILES string of the molecule is CCCCC(=O)NCCSSc1ccccn1. The molecule has 0 spiro atoms. The lowest BCUT2D eigenvalue weighted by Crippen LogP contribution is -2.25. The van der Waals surface area contributed by atoms with E-state index in [-0.39, 0.29) is 5.91 Å². The van der Waals surface area contributed by atoms with Crippen molar-refractivity contribution >= 4 is 27.5 Å². The molecule has 1 aromatic heterocycles. The molecule has 0 radical (unpaired) electrons. The van der Waals surface area contributed by atoms with Crippen molar-refractivity contribution in [2.24, 2.45) is 0 Å². The van der Waals surface area contributed by atoms with Crippen LogP contribution in [0.4, 0.5) is 0 Å². The number of carbonyl (C=O) groups excluding carboxylic acids is 1. The molecule has 0 aliphatic rings. The summed E-state index contributed by atoms with van der Waals surface area (Å²) in [6, 6.07) is 5.86. The lowest BCUT2D eigenvalue weighted by Gasteiger charge is -2.03. The number of nitrogens with one attached hydrogen (secondary N) is 1. The number of carbonyl (C=O) groups is 1. The van der Waals surface area contributed by atoms with Crippen molar-refractivity contribution in [2.75, 3.05) is 12.3 Å². The van der Waals surface area contributed by atoms with E-state index in [1.54, 1.807) is 27.8 Å². The van der Waals surface area contributed by atoms with Gasteiger partial charge in [-0.2, -0.15) is 0 Å². The molecule has 1 amide bonds. The Hall–Kier alpha value is -0.680. The number of aromatic nitrogens is 1. The first-order valence-corrected chi connectivity index (χ1v) is 8.12. The van der Waals surface area contributed by atoms with Crippen molar-refractivity contribution in [3.63, 3.8) is 0 Å². The minimum Gasteiger partial charge on any atom is -0.355 e. The van der Waals surface area contributed by atoms with Crippen molar-refractivity contribution in [1.82, 2.24) is 10.3 Å². The van der Waals surface area contributed by atoms with Crippen molar-refractivity contribution in [3.05, 3.63) is 24.4 Å². The first-order chi connectivity index (χ1) is 8.33. The molecular formula is C12H18N2OS2. The fourth-order valence-electron chi connectivity index (χ4n) is 1.16. The summed E-state index contributed by atoms with van der Waals surface area (Å²) >= 11 is 0. The Morgan fingerprint density at radius 1 is 1.47 bits per heavy atom. The van der Waals surface area contributed by atoms with Crippen LogP contribution in [0.3, 0.4) is 0 Å². The Morgan fingerprint density at radius 3 is 3.06 bits per heavy atom. The summed E-state index contributed by atoms with van der Waals surface area (Å²) in [4.78, 5) is 15.5. The van der Waals surface area contributed by atoms with E-state index in [4.69, 9.17) is 0 Å². The number of pyridine rings is 1. The zero-order valence-electron chi connectivity index (χ0n) is 10.0. The number of nitrogens with zero attached hydrogens (tertiary/aromatic N) is 1. The Bertz CT molecular complexity index is 320. The highest BCUT2D eigenvalue weighted by atomic mass is 33.1. The second-order valence-corrected chi connectivity index (χ2v) is 5.96. The van der Waals surface area contributed by atoms with Crippen LogP contribution < -0.4 is 5.32 Å². The predicted molar refractivity (Wildman–Crippen MR) is 75.1 cm³/mol. The van der Waals surface area contributed by atoms with Gasteiger partial charge in [-0.15, -0.1) is 0 Å². The molecule has 0 saturated carbocycles. The number of hydrogen-bond donors (Lipinski definition) is 1. The number of rotatable bonds is 8. The third-order valence-corrected chi connectivity index (χ3v) is 4.31. The monoisotopic (exact) mass is 270 g/mol. The van der Waals surface area contributed by atoms with Crippen LogP contribution in [0.2, 0.25) is 0 Å². The molecule has 0 unspecified atom stereocenters. The molecule has 94 valence electrons. The maximum absolute atomic E-state index is 11.3. The summed E-state index contributed by atoms with van der Waals surface area (Å²) in [7, 11) is 3.36. The van der Waals surface area contributed by atoms with Gasteiger partial charge in [-0.1, -0.05) is 30.2 Å². The van der Waals surface area contributed by atoms with Gasteiger partial charge in [0, 0.05) is 24.9 Å². The predicted octanol–water partition coefficient (Wildman–Crippen LogP) is 3.13. The van der Waals surface area contributed by atoms with Crippen molar-refractivity contribution in [1.29, 1.82) is 0 Å². The van der Waals surface area contributed by atoms with Crippen molar-refractivity contribution in [3.8, 4) is 0 Å². The average molecular weight is 270 g/mol. The summed E-state index contributed by atoms with van der Waals surface area (Å²) < 4.78 is 0. The topological polar surface area (TPSA) is 42.0 Å². The van der Waals surface area contributed by atoms with Gasteiger partial charge in [0.05, 0.1) is 0 Å². The van der Waals surface area contributed by atoms with Crippen LogP contribution in [-0.2, 0) is 4.79 Å². The molecule has 0 aromatic carbocycles. The van der Waals surface area contributed by atoms with Crippen molar-refractivity contribution < 1.29 is 4.79 Å². The number of amides is 1. The molecule has 5 heteroatoms. The van der Waals surface area contributed by atoms with Gasteiger partial charge in [-0.05, 0) is 29.3 Å². The van der Waals surface area contributed by atoms with Crippen LogP contribution in [0, 0.1) is 0 Å². The molecular weight excluding hydrogens is 252 g/mol. The Labute approximate surface area is 111 Å². The lowest BCUT2D eigenvalue weighted by molar-refractivity contribution is -0.121. The standard InChI is InChI=1S/C12H18N2OS2/c1-2-3-6-11(15)13-9-10-16-17-12-7-4-5-8-14-12/h4-5,7-8H,2-3,6,9-10H2,1H3,(H,13,15). The van der Waals surface area contributed by atoms with E-state index in [9.17, 15) is 4.79 Å². The van der Waals surface area contributed by atoms with Gasteiger partial charge >= 0.3 is 0 Å². The van der Waals surface area contributed by atoms with Crippen LogP contribution in [-0.4, -0.2) is 23.2 Å². The van der Waals surface area contributed by atoms with Gasteiger partial charge in [0.2, 0.25) is 5.91 Å². The minimum absolute atomic E-state index is 0.162. The van der Waals surface area contributed by atoms with Gasteiger partial charge in [0.1, 0.15) is 5.03 Å². The van der Waals surface area contributed by atoms with Crippen molar-refractivity contribution in [2.45, 2.75) is 31.2 Å². The van der Waals surface area contributed by atoms with Crippen LogP contribution >= 0.6 is 21.6 Å². The number of unbranched alkanes of at least 4 members (excludes halogenated alkanes) is 1. The first kappa shape index (κ1) is 14.4. The van der Waals surface area contributed by atoms with Crippen LogP contribution in [0.5, 0.6) is 0 Å². The normalized spacial score (nSPS) is 10.2. The molecule has 0 fully saturated rings. The highest BCUT2D eigenvalue weighted by Gasteiger charge is 1.99. The summed E-state index contributed by atoms with van der Waals surface area (Å²) in [6.07, 6.45) is 4.48. The Balaban J connectivity index is 1.99. The lowest BCUT2D eigenvalue weighted by atomic mass is 10.2. The minimum atomic E-state index is 0.162. The van der Waals surface area contributed by atoms with E-state index in [1.165, 1.54) is 0 Å². The third-order valence-electron chi connectivity index (χ3n) is 2.05. The maximum Gasteiger partial charge on any atom is 0.220 e. The van der Waals surface area contributed by atoms with E-state index >= 15 is 0 Å². The van der Waals surface area contributed by atoms with E-state index < -0.39 is 0 Å². The van der Waals surface area contributed by atoms with E-state index in [1.807, 2.05) is 18.2 Å². The Kier molecular flexibility index (Phi) is 7.92. The molecule has 1 N–H and O–H groups in total. The Morgan fingerprint density at radius 2 is 2.35 bits per heavy atom. The second kappa shape index (κ2) is 9.36. The second-order valence-electron chi connectivity index (χ2n) is 3.53.